The first kappa shape index (κ1) is 25.5. The van der Waals surface area contributed by atoms with Crippen LogP contribution in [-0.4, -0.2) is 31.1 Å². The average molecular weight is 477 g/mol. The summed E-state index contributed by atoms with van der Waals surface area (Å²) in [4.78, 5) is 0.164. The van der Waals surface area contributed by atoms with Crippen LogP contribution in [0.1, 0.15) is 43.7 Å². The van der Waals surface area contributed by atoms with Crippen LogP contribution in [0.15, 0.2) is 34.1 Å². The quantitative estimate of drug-likeness (QED) is 0.247. The van der Waals surface area contributed by atoms with Crippen LogP contribution in [0.4, 0.5) is 13.2 Å². The summed E-state index contributed by atoms with van der Waals surface area (Å²) in [5, 5.41) is 0. The first-order valence-corrected chi connectivity index (χ1v) is 13.0. The van der Waals surface area contributed by atoms with Crippen molar-refractivity contribution in [1.82, 2.24) is 0 Å². The Morgan fingerprint density at radius 3 is 2.13 bits per heavy atom. The summed E-state index contributed by atoms with van der Waals surface area (Å²) < 4.78 is 73.8. The van der Waals surface area contributed by atoms with E-state index in [1.807, 2.05) is 0 Å². The number of hydrogen-bond donors (Lipinski definition) is 0. The second kappa shape index (κ2) is 11.2. The summed E-state index contributed by atoms with van der Waals surface area (Å²) in [5.74, 6) is -1.60. The molecule has 0 amide bonds. The predicted octanol–water partition coefficient (Wildman–Crippen LogP) is 5.26. The van der Waals surface area contributed by atoms with Gasteiger partial charge in [0.05, 0.1) is 11.5 Å². The molecule has 1 saturated heterocycles. The molecule has 0 N–H and O–H groups in total. The molecule has 0 unspecified atom stereocenters. The minimum Gasteiger partial charge on any atom is -0.744 e. The van der Waals surface area contributed by atoms with Gasteiger partial charge in [0.1, 0.15) is 27.4 Å². The van der Waals surface area contributed by atoms with Crippen molar-refractivity contribution in [2.24, 2.45) is 0 Å². The van der Waals surface area contributed by atoms with E-state index in [0.717, 1.165) is 18.8 Å². The largest absolute Gasteiger partial charge is 0.744 e. The minimum absolute atomic E-state index is 0.364. The lowest BCUT2D eigenvalue weighted by molar-refractivity contribution is 0.305. The molecule has 0 aliphatic carbocycles. The molecule has 3 rings (SSSR count). The van der Waals surface area contributed by atoms with Crippen molar-refractivity contribution in [2.75, 3.05) is 18.1 Å². The van der Waals surface area contributed by atoms with E-state index in [0.29, 0.717) is 23.0 Å². The molecule has 0 saturated carbocycles. The van der Waals surface area contributed by atoms with Crippen LogP contribution in [0.25, 0.3) is 0 Å². The van der Waals surface area contributed by atoms with Crippen LogP contribution < -0.4 is 4.74 Å². The summed E-state index contributed by atoms with van der Waals surface area (Å²) in [6.45, 7) is 7.44. The van der Waals surface area contributed by atoms with Crippen LogP contribution in [0.5, 0.6) is 5.75 Å². The van der Waals surface area contributed by atoms with Crippen LogP contribution in [0, 0.1) is 31.3 Å². The average Bonchev–Trinajstić information content (AvgIpc) is 3.22. The molecule has 1 fully saturated rings. The molecule has 1 aliphatic heterocycles. The van der Waals surface area contributed by atoms with Gasteiger partial charge in [-0.15, -0.1) is 0 Å². The molecule has 1 aliphatic rings. The third-order valence-corrected chi connectivity index (χ3v) is 8.13. The second-order valence-electron chi connectivity index (χ2n) is 7.32. The Bertz CT molecular complexity index is 981. The lowest BCUT2D eigenvalue weighted by atomic mass is 10.1. The molecular formula is C22H27F3O4S2. The zero-order valence-corrected chi connectivity index (χ0v) is 19.5. The highest BCUT2D eigenvalue weighted by atomic mass is 32.2. The zero-order valence-electron chi connectivity index (χ0n) is 17.8. The minimum atomic E-state index is -5.10. The Balaban J connectivity index is 0.000000233. The van der Waals surface area contributed by atoms with Crippen LogP contribution >= 0.6 is 0 Å². The monoisotopic (exact) mass is 476 g/mol. The lowest BCUT2D eigenvalue weighted by Crippen LogP contribution is -2.06. The number of halogens is 3. The smallest absolute Gasteiger partial charge is 0.195 e. The molecule has 9 heteroatoms. The third-order valence-electron chi connectivity index (χ3n) is 4.81. The van der Waals surface area contributed by atoms with Gasteiger partial charge in [0.15, 0.2) is 22.3 Å². The van der Waals surface area contributed by atoms with E-state index in [9.17, 15) is 26.1 Å². The SMILES string of the molecule is CCCCOc1c(C)cc([S+]2CCCC2)cc1C.O=S(=O)([O-])c1ccc(F)c(F)c1F. The standard InChI is InChI=1S/C16H25OS.C6H3F3O3S/c1-4-5-8-17-16-13(2)11-15(12-14(16)3)18-9-6-7-10-18;7-3-1-2-4(13(10,11)12)6(9)5(3)8/h11-12H,4-10H2,1-3H3;1-2H,(H,10,11,12)/q+1;/p-1. The lowest BCUT2D eigenvalue weighted by Gasteiger charge is -2.13. The Hall–Kier alpha value is -1.71. The van der Waals surface area contributed by atoms with Crippen molar-refractivity contribution < 1.29 is 30.9 Å². The van der Waals surface area contributed by atoms with Gasteiger partial charge < -0.3 is 9.29 Å². The maximum Gasteiger partial charge on any atom is 0.195 e. The molecular weight excluding hydrogens is 449 g/mol. The molecule has 0 atom stereocenters. The van der Waals surface area contributed by atoms with Gasteiger partial charge >= 0.3 is 0 Å². The van der Waals surface area contributed by atoms with Gasteiger partial charge in [0, 0.05) is 10.9 Å². The third kappa shape index (κ3) is 6.89. The van der Waals surface area contributed by atoms with E-state index in [-0.39, 0.29) is 0 Å². The highest BCUT2D eigenvalue weighted by Gasteiger charge is 2.27. The fraction of sp³-hybridized carbons (Fsp3) is 0.455. The highest BCUT2D eigenvalue weighted by Crippen LogP contribution is 2.31. The van der Waals surface area contributed by atoms with Crippen molar-refractivity contribution in [2.45, 2.75) is 56.2 Å². The molecule has 172 valence electrons. The van der Waals surface area contributed by atoms with Crippen LogP contribution in [0.3, 0.4) is 0 Å². The number of unbranched alkanes of at least 4 members (excludes halogenated alkanes) is 1. The van der Waals surface area contributed by atoms with Crippen molar-refractivity contribution in [3.8, 4) is 5.75 Å². The van der Waals surface area contributed by atoms with Crippen molar-refractivity contribution in [1.29, 1.82) is 0 Å². The molecule has 0 bridgehead atoms. The van der Waals surface area contributed by atoms with Crippen LogP contribution in [0.2, 0.25) is 0 Å². The van der Waals surface area contributed by atoms with Crippen molar-refractivity contribution in [3.63, 3.8) is 0 Å². The summed E-state index contributed by atoms with van der Waals surface area (Å²) in [7, 11) is -4.59. The first-order valence-electron chi connectivity index (χ1n) is 10.1. The number of rotatable bonds is 6. The van der Waals surface area contributed by atoms with E-state index in [2.05, 4.69) is 32.9 Å². The molecule has 2 aromatic rings. The topological polar surface area (TPSA) is 66.4 Å². The number of benzene rings is 2. The van der Waals surface area contributed by atoms with Gasteiger partial charge in [-0.1, -0.05) is 13.3 Å². The van der Waals surface area contributed by atoms with Gasteiger partial charge in [0.25, 0.3) is 0 Å². The van der Waals surface area contributed by atoms with Crippen molar-refractivity contribution in [3.05, 3.63) is 52.8 Å². The first-order chi connectivity index (χ1) is 14.6. The van der Waals surface area contributed by atoms with Gasteiger partial charge in [0.2, 0.25) is 0 Å². The normalized spacial score (nSPS) is 14.3. The Morgan fingerprint density at radius 2 is 1.61 bits per heavy atom. The number of ether oxygens (including phenoxy) is 1. The molecule has 2 aromatic carbocycles. The molecule has 1 heterocycles. The summed E-state index contributed by atoms with van der Waals surface area (Å²) in [6, 6.07) is 5.46. The Kier molecular flexibility index (Phi) is 9.27. The van der Waals surface area contributed by atoms with E-state index in [4.69, 9.17) is 4.74 Å². The fourth-order valence-electron chi connectivity index (χ4n) is 3.22. The molecule has 0 spiro atoms. The van der Waals surface area contributed by atoms with E-state index < -0.39 is 32.5 Å². The van der Waals surface area contributed by atoms with E-state index in [1.165, 1.54) is 41.9 Å². The van der Waals surface area contributed by atoms with Crippen molar-refractivity contribution >= 4 is 21.0 Å². The molecule has 0 aromatic heterocycles. The van der Waals surface area contributed by atoms with Gasteiger partial charge in [-0.05, 0) is 68.5 Å². The summed E-state index contributed by atoms with van der Waals surface area (Å²) in [5.41, 5.74) is 2.64. The van der Waals surface area contributed by atoms with Gasteiger partial charge in [-0.2, -0.15) is 0 Å². The maximum atomic E-state index is 12.6. The fourth-order valence-corrected chi connectivity index (χ4v) is 6.23. The highest BCUT2D eigenvalue weighted by molar-refractivity contribution is 7.97. The molecule has 31 heavy (non-hydrogen) atoms. The van der Waals surface area contributed by atoms with Gasteiger partial charge in [-0.25, -0.2) is 21.6 Å². The van der Waals surface area contributed by atoms with E-state index in [1.54, 1.807) is 4.90 Å². The second-order valence-corrected chi connectivity index (χ2v) is 10.9. The predicted molar refractivity (Wildman–Crippen MR) is 115 cm³/mol. The summed E-state index contributed by atoms with van der Waals surface area (Å²) >= 11 is 0. The molecule has 4 nitrogen and oxygen atoms in total. The molecule has 0 radical (unpaired) electrons. The Labute approximate surface area is 184 Å². The zero-order chi connectivity index (χ0) is 23.2. The van der Waals surface area contributed by atoms with Gasteiger partial charge in [-0.3, -0.25) is 0 Å². The van der Waals surface area contributed by atoms with Crippen LogP contribution in [-0.2, 0) is 21.0 Å². The maximum absolute atomic E-state index is 12.6. The van der Waals surface area contributed by atoms with E-state index >= 15 is 0 Å². The Morgan fingerprint density at radius 1 is 1.03 bits per heavy atom. The number of hydrogen-bond acceptors (Lipinski definition) is 4. The summed E-state index contributed by atoms with van der Waals surface area (Å²) in [6.07, 6.45) is 5.16. The number of aryl methyl sites for hydroxylation is 2.